The highest BCUT2D eigenvalue weighted by molar-refractivity contribution is 5.28. The van der Waals surface area contributed by atoms with E-state index in [-0.39, 0.29) is 12.1 Å². The van der Waals surface area contributed by atoms with Gasteiger partial charge < -0.3 is 14.9 Å². The summed E-state index contributed by atoms with van der Waals surface area (Å²) in [5, 5.41) is 18.2. The van der Waals surface area contributed by atoms with Crippen molar-refractivity contribution in [1.29, 1.82) is 0 Å². The van der Waals surface area contributed by atoms with Crippen molar-refractivity contribution in [3.8, 4) is 0 Å². The van der Waals surface area contributed by atoms with Crippen LogP contribution in [0.2, 0.25) is 0 Å². The molecule has 27 heavy (non-hydrogen) atoms. The van der Waals surface area contributed by atoms with Crippen LogP contribution in [-0.4, -0.2) is 27.4 Å². The van der Waals surface area contributed by atoms with Crippen LogP contribution in [0.5, 0.6) is 0 Å². The first-order chi connectivity index (χ1) is 13.2. The molecule has 0 saturated heterocycles. The van der Waals surface area contributed by atoms with Crippen LogP contribution in [0.25, 0.3) is 0 Å². The third kappa shape index (κ3) is 3.01. The van der Waals surface area contributed by atoms with Gasteiger partial charge in [-0.2, -0.15) is 4.98 Å². The zero-order valence-corrected chi connectivity index (χ0v) is 16.0. The van der Waals surface area contributed by atoms with E-state index in [1.165, 1.54) is 43.2 Å². The predicted octanol–water partition coefficient (Wildman–Crippen LogP) is 3.25. The standard InChI is InChI=1S/C22H29N3O2/c1-14-4-2-3-5-17(14)11-20-24-21(27-25-20)12-23-22(13-26)18-7-15-6-16(9-18)10-19(22)8-15/h2-5,15-16,18-19,23,26H,6-13H2,1H3. The van der Waals surface area contributed by atoms with Crippen molar-refractivity contribution >= 4 is 0 Å². The Morgan fingerprint density at radius 1 is 1.11 bits per heavy atom. The number of aryl methyl sites for hydroxylation is 1. The van der Waals surface area contributed by atoms with Crippen molar-refractivity contribution in [2.45, 2.75) is 57.5 Å². The first kappa shape index (κ1) is 17.4. The molecule has 0 aliphatic heterocycles. The van der Waals surface area contributed by atoms with Crippen LogP contribution in [0.3, 0.4) is 0 Å². The molecule has 1 aromatic carbocycles. The molecule has 0 atom stereocenters. The van der Waals surface area contributed by atoms with Crippen LogP contribution in [-0.2, 0) is 13.0 Å². The number of nitrogens with one attached hydrogen (secondary N) is 1. The Kier molecular flexibility index (Phi) is 4.32. The van der Waals surface area contributed by atoms with Gasteiger partial charge in [0.1, 0.15) is 0 Å². The van der Waals surface area contributed by atoms with E-state index in [0.717, 1.165) is 17.7 Å². The molecule has 6 rings (SSSR count). The second-order valence-corrected chi connectivity index (χ2v) is 9.06. The van der Waals surface area contributed by atoms with Crippen molar-refractivity contribution in [2.24, 2.45) is 23.7 Å². The average molecular weight is 367 g/mol. The summed E-state index contributed by atoms with van der Waals surface area (Å²) >= 11 is 0. The molecule has 0 amide bonds. The summed E-state index contributed by atoms with van der Waals surface area (Å²) in [4.78, 5) is 4.59. The summed E-state index contributed by atoms with van der Waals surface area (Å²) in [5.41, 5.74) is 2.32. The zero-order chi connectivity index (χ0) is 18.4. The van der Waals surface area contributed by atoms with Crippen LogP contribution < -0.4 is 5.32 Å². The molecule has 2 N–H and O–H groups in total. The molecule has 4 bridgehead atoms. The SMILES string of the molecule is Cc1ccccc1Cc1noc(CNC2(CO)C3CC4CC(C3)CC2C4)n1. The number of hydrogen-bond acceptors (Lipinski definition) is 5. The largest absolute Gasteiger partial charge is 0.394 e. The lowest BCUT2D eigenvalue weighted by Crippen LogP contribution is -2.66. The van der Waals surface area contributed by atoms with Crippen molar-refractivity contribution in [1.82, 2.24) is 15.5 Å². The quantitative estimate of drug-likeness (QED) is 0.820. The predicted molar refractivity (Wildman–Crippen MR) is 102 cm³/mol. The Hall–Kier alpha value is -1.72. The minimum atomic E-state index is -0.155. The van der Waals surface area contributed by atoms with E-state index in [1.807, 2.05) is 12.1 Å². The summed E-state index contributed by atoms with van der Waals surface area (Å²) in [7, 11) is 0. The molecule has 5 heteroatoms. The van der Waals surface area contributed by atoms with Gasteiger partial charge in [-0.25, -0.2) is 0 Å². The smallest absolute Gasteiger partial charge is 0.240 e. The molecule has 4 aliphatic carbocycles. The molecule has 144 valence electrons. The number of aliphatic hydroxyl groups is 1. The van der Waals surface area contributed by atoms with Gasteiger partial charge in [-0.3, -0.25) is 0 Å². The number of benzene rings is 1. The van der Waals surface area contributed by atoms with Crippen LogP contribution >= 0.6 is 0 Å². The molecular weight excluding hydrogens is 338 g/mol. The summed E-state index contributed by atoms with van der Waals surface area (Å²) < 4.78 is 5.50. The average Bonchev–Trinajstić information content (AvgIpc) is 3.11. The number of aromatic nitrogens is 2. The normalized spacial score (nSPS) is 34.3. The summed E-state index contributed by atoms with van der Waals surface area (Å²) in [6.45, 7) is 2.87. The Balaban J connectivity index is 1.27. The zero-order valence-electron chi connectivity index (χ0n) is 16.0. The minimum Gasteiger partial charge on any atom is -0.394 e. The number of nitrogens with zero attached hydrogens (tertiary/aromatic N) is 2. The van der Waals surface area contributed by atoms with E-state index < -0.39 is 0 Å². The van der Waals surface area contributed by atoms with Gasteiger partial charge >= 0.3 is 0 Å². The number of aliphatic hydroxyl groups excluding tert-OH is 1. The second-order valence-electron chi connectivity index (χ2n) is 9.06. The Labute approximate surface area is 160 Å². The van der Waals surface area contributed by atoms with E-state index >= 15 is 0 Å². The molecule has 1 aromatic heterocycles. The molecule has 4 saturated carbocycles. The van der Waals surface area contributed by atoms with E-state index in [0.29, 0.717) is 30.7 Å². The van der Waals surface area contributed by atoms with E-state index in [9.17, 15) is 5.11 Å². The highest BCUT2D eigenvalue weighted by atomic mass is 16.5. The minimum absolute atomic E-state index is 0.155. The first-order valence-corrected chi connectivity index (χ1v) is 10.4. The maximum Gasteiger partial charge on any atom is 0.240 e. The molecule has 0 radical (unpaired) electrons. The monoisotopic (exact) mass is 367 g/mol. The lowest BCUT2D eigenvalue weighted by molar-refractivity contribution is -0.0968. The molecule has 4 fully saturated rings. The summed E-state index contributed by atoms with van der Waals surface area (Å²) in [6, 6.07) is 8.31. The fourth-order valence-electron chi connectivity index (χ4n) is 6.28. The molecule has 5 nitrogen and oxygen atoms in total. The van der Waals surface area contributed by atoms with Gasteiger partial charge in [0.25, 0.3) is 0 Å². The fraction of sp³-hybridized carbons (Fsp3) is 0.636. The van der Waals surface area contributed by atoms with Gasteiger partial charge in [0, 0.05) is 12.0 Å². The van der Waals surface area contributed by atoms with E-state index in [2.05, 4.69) is 34.5 Å². The van der Waals surface area contributed by atoms with Crippen LogP contribution in [0.4, 0.5) is 0 Å². The van der Waals surface area contributed by atoms with E-state index in [4.69, 9.17) is 4.52 Å². The molecule has 0 spiro atoms. The number of rotatable bonds is 6. The van der Waals surface area contributed by atoms with Crippen molar-refractivity contribution in [3.05, 3.63) is 47.1 Å². The lowest BCUT2D eigenvalue weighted by Gasteiger charge is -2.61. The molecule has 1 heterocycles. The van der Waals surface area contributed by atoms with Gasteiger partial charge in [0.2, 0.25) is 5.89 Å². The third-order valence-corrected chi connectivity index (χ3v) is 7.55. The highest BCUT2D eigenvalue weighted by Crippen LogP contribution is 2.58. The van der Waals surface area contributed by atoms with Crippen LogP contribution in [0.1, 0.15) is 54.9 Å². The van der Waals surface area contributed by atoms with Gasteiger partial charge in [-0.15, -0.1) is 0 Å². The van der Waals surface area contributed by atoms with E-state index in [1.54, 1.807) is 0 Å². The highest BCUT2D eigenvalue weighted by Gasteiger charge is 2.56. The lowest BCUT2D eigenvalue weighted by atomic mass is 9.48. The Bertz CT molecular complexity index is 787. The maximum atomic E-state index is 10.3. The Morgan fingerprint density at radius 2 is 1.81 bits per heavy atom. The van der Waals surface area contributed by atoms with Gasteiger partial charge in [0.05, 0.1) is 13.2 Å². The topological polar surface area (TPSA) is 71.2 Å². The number of hydrogen-bond donors (Lipinski definition) is 2. The summed E-state index contributed by atoms with van der Waals surface area (Å²) in [6.07, 6.45) is 7.17. The molecule has 4 aliphatic rings. The van der Waals surface area contributed by atoms with Gasteiger partial charge in [-0.05, 0) is 73.8 Å². The molecule has 2 aromatic rings. The van der Waals surface area contributed by atoms with Crippen molar-refractivity contribution in [2.75, 3.05) is 6.61 Å². The molecule has 0 unspecified atom stereocenters. The summed E-state index contributed by atoms with van der Waals surface area (Å²) in [5.74, 6) is 4.31. The van der Waals surface area contributed by atoms with Crippen molar-refractivity contribution in [3.63, 3.8) is 0 Å². The van der Waals surface area contributed by atoms with Crippen LogP contribution in [0.15, 0.2) is 28.8 Å². The fourth-order valence-corrected chi connectivity index (χ4v) is 6.28. The van der Waals surface area contributed by atoms with Gasteiger partial charge in [0.15, 0.2) is 5.82 Å². The molecular formula is C22H29N3O2. The van der Waals surface area contributed by atoms with Gasteiger partial charge in [-0.1, -0.05) is 29.4 Å². The first-order valence-electron chi connectivity index (χ1n) is 10.4. The Morgan fingerprint density at radius 3 is 2.48 bits per heavy atom. The maximum absolute atomic E-state index is 10.3. The third-order valence-electron chi connectivity index (χ3n) is 7.55. The van der Waals surface area contributed by atoms with Crippen LogP contribution in [0, 0.1) is 30.6 Å². The second kappa shape index (κ2) is 6.71. The van der Waals surface area contributed by atoms with Crippen molar-refractivity contribution < 1.29 is 9.63 Å².